The lowest BCUT2D eigenvalue weighted by Gasteiger charge is -2.45. The van der Waals surface area contributed by atoms with Gasteiger partial charge in [0.1, 0.15) is 18.1 Å². The fourth-order valence-electron chi connectivity index (χ4n) is 6.54. The summed E-state index contributed by atoms with van der Waals surface area (Å²) in [6.45, 7) is 4.10. The number of anilines is 1. The zero-order valence-corrected chi connectivity index (χ0v) is 22.0. The van der Waals surface area contributed by atoms with Crippen molar-refractivity contribution in [3.05, 3.63) is 52.8 Å². The number of aliphatic hydroxyl groups is 1. The Labute approximate surface area is 226 Å². The Morgan fingerprint density at radius 1 is 1.00 bits per heavy atom. The van der Waals surface area contributed by atoms with Gasteiger partial charge in [0.2, 0.25) is 5.91 Å². The van der Waals surface area contributed by atoms with Gasteiger partial charge in [-0.15, -0.1) is 0 Å². The molecule has 202 valence electrons. The largest absolute Gasteiger partial charge is 0.377 e. The average Bonchev–Trinajstić information content (AvgIpc) is 3.41. The van der Waals surface area contributed by atoms with Crippen LogP contribution in [0.1, 0.15) is 36.0 Å². The molecule has 4 aliphatic heterocycles. The van der Waals surface area contributed by atoms with Crippen molar-refractivity contribution in [3.8, 4) is 11.1 Å². The van der Waals surface area contributed by atoms with Gasteiger partial charge < -0.3 is 20.6 Å². The van der Waals surface area contributed by atoms with Crippen LogP contribution < -0.4 is 10.6 Å². The third-order valence-electron chi connectivity index (χ3n) is 8.57. The Morgan fingerprint density at radius 2 is 1.76 bits per heavy atom. The number of halogens is 2. The number of aliphatic hydroxyl groups excluding tert-OH is 1. The molecule has 4 aliphatic rings. The number of hydrogen-bond acceptors (Lipinski definition) is 6. The van der Waals surface area contributed by atoms with Gasteiger partial charge in [0.15, 0.2) is 0 Å². The second-order valence-electron chi connectivity index (χ2n) is 10.7. The first-order chi connectivity index (χ1) is 18.4. The van der Waals surface area contributed by atoms with E-state index in [0.29, 0.717) is 41.5 Å². The van der Waals surface area contributed by atoms with Crippen molar-refractivity contribution in [2.75, 3.05) is 44.6 Å². The second-order valence-corrected chi connectivity index (χ2v) is 11.1. The predicted molar refractivity (Wildman–Crippen MR) is 143 cm³/mol. The predicted octanol–water partition coefficient (Wildman–Crippen LogP) is 2.76. The van der Waals surface area contributed by atoms with Gasteiger partial charge in [0, 0.05) is 31.7 Å². The van der Waals surface area contributed by atoms with Gasteiger partial charge in [0.05, 0.1) is 16.3 Å². The summed E-state index contributed by atoms with van der Waals surface area (Å²) in [5.74, 6) is -1.04. The molecular weight excluding hydrogens is 509 g/mol. The van der Waals surface area contributed by atoms with Crippen LogP contribution in [-0.2, 0) is 4.79 Å². The van der Waals surface area contributed by atoms with Crippen LogP contribution in [0.15, 0.2) is 36.4 Å². The van der Waals surface area contributed by atoms with E-state index < -0.39 is 18.1 Å². The summed E-state index contributed by atoms with van der Waals surface area (Å²) in [5.41, 5.74) is 2.06. The van der Waals surface area contributed by atoms with Crippen LogP contribution in [-0.4, -0.2) is 95.2 Å². The Balaban J connectivity index is 1.20. The minimum Gasteiger partial charge on any atom is -0.377 e. The third kappa shape index (κ3) is 4.71. The van der Waals surface area contributed by atoms with Gasteiger partial charge in [-0.05, 0) is 80.7 Å². The highest BCUT2D eigenvalue weighted by Crippen LogP contribution is 2.33. The highest BCUT2D eigenvalue weighted by molar-refractivity contribution is 6.30. The normalized spacial score (nSPS) is 26.0. The molecule has 0 aliphatic carbocycles. The highest BCUT2D eigenvalue weighted by atomic mass is 35.5. The maximum absolute atomic E-state index is 14.1. The lowest BCUT2D eigenvalue weighted by atomic mass is 10.0. The summed E-state index contributed by atoms with van der Waals surface area (Å²) in [6.07, 6.45) is 3.47. The number of piperazine rings is 1. The quantitative estimate of drug-likeness (QED) is 0.552. The molecule has 6 rings (SSSR count). The zero-order valence-electron chi connectivity index (χ0n) is 21.2. The van der Waals surface area contributed by atoms with Gasteiger partial charge in [-0.3, -0.25) is 19.4 Å². The average molecular weight is 542 g/mol. The maximum Gasteiger partial charge on any atom is 0.256 e. The van der Waals surface area contributed by atoms with Crippen molar-refractivity contribution in [1.29, 1.82) is 0 Å². The first-order valence-electron chi connectivity index (χ1n) is 13.5. The second kappa shape index (κ2) is 10.5. The fourth-order valence-corrected chi connectivity index (χ4v) is 6.66. The van der Waals surface area contributed by atoms with E-state index in [0.717, 1.165) is 45.3 Å². The lowest BCUT2D eigenvalue weighted by Crippen LogP contribution is -2.63. The number of nitrogens with one attached hydrogen (secondary N) is 2. The summed E-state index contributed by atoms with van der Waals surface area (Å²) >= 11 is 5.83. The molecule has 3 unspecified atom stereocenters. The van der Waals surface area contributed by atoms with Crippen LogP contribution in [0.4, 0.5) is 10.1 Å². The van der Waals surface area contributed by atoms with Crippen molar-refractivity contribution in [1.82, 2.24) is 20.0 Å². The molecular formula is C28H33ClFN5O3. The number of nitrogens with zero attached hydrogens (tertiary/aromatic N) is 3. The number of piperidine rings is 1. The van der Waals surface area contributed by atoms with Crippen molar-refractivity contribution >= 4 is 29.1 Å². The van der Waals surface area contributed by atoms with Crippen LogP contribution in [0.2, 0.25) is 5.02 Å². The van der Waals surface area contributed by atoms with Crippen LogP contribution in [0.25, 0.3) is 11.1 Å². The summed E-state index contributed by atoms with van der Waals surface area (Å²) < 4.78 is 14.1. The number of fused-ring (bicyclic) bond motifs is 2. The Bertz CT molecular complexity index is 1240. The first-order valence-corrected chi connectivity index (χ1v) is 13.9. The smallest absolute Gasteiger partial charge is 0.256 e. The molecule has 0 radical (unpaired) electrons. The van der Waals surface area contributed by atoms with E-state index >= 15 is 0 Å². The molecule has 3 fully saturated rings. The van der Waals surface area contributed by atoms with E-state index in [2.05, 4.69) is 15.5 Å². The van der Waals surface area contributed by atoms with Crippen LogP contribution in [0.5, 0.6) is 0 Å². The van der Waals surface area contributed by atoms with Gasteiger partial charge in [-0.2, -0.15) is 0 Å². The number of carbonyl (C=O) groups excluding carboxylic acids is 2. The maximum atomic E-state index is 14.1. The fraction of sp³-hybridized carbons (Fsp3) is 0.500. The molecule has 3 saturated heterocycles. The minimum absolute atomic E-state index is 0.0335. The molecule has 3 atom stereocenters. The molecule has 2 aromatic rings. The minimum atomic E-state index is -0.705. The molecule has 0 bridgehead atoms. The Kier molecular flexibility index (Phi) is 7.13. The summed E-state index contributed by atoms with van der Waals surface area (Å²) in [4.78, 5) is 33.0. The van der Waals surface area contributed by atoms with Crippen molar-refractivity contribution in [2.45, 2.75) is 50.0 Å². The molecule has 38 heavy (non-hydrogen) atoms. The topological polar surface area (TPSA) is 88.2 Å². The van der Waals surface area contributed by atoms with E-state index in [1.165, 1.54) is 12.1 Å². The lowest BCUT2D eigenvalue weighted by molar-refractivity contribution is -0.127. The Morgan fingerprint density at radius 3 is 2.55 bits per heavy atom. The summed E-state index contributed by atoms with van der Waals surface area (Å²) in [5, 5.41) is 17.8. The molecule has 2 amide bonds. The van der Waals surface area contributed by atoms with Crippen molar-refractivity contribution in [2.24, 2.45) is 0 Å². The SMILES string of the molecule is O=C1Nc2ccc(-c3ccc(Cl)c(F)c3)cc2C(=O)N2CCN(C(O)C3CCCN3C3CCNCC3)CC12. The molecule has 2 aromatic carbocycles. The Hall–Kier alpha value is -2.56. The molecule has 10 heteroatoms. The molecule has 0 aromatic heterocycles. The number of hydrogen-bond donors (Lipinski definition) is 3. The third-order valence-corrected chi connectivity index (χ3v) is 8.88. The van der Waals surface area contributed by atoms with E-state index in [9.17, 15) is 19.1 Å². The first kappa shape index (κ1) is 25.7. The number of amides is 2. The van der Waals surface area contributed by atoms with Crippen LogP contribution >= 0.6 is 11.6 Å². The number of benzene rings is 2. The summed E-state index contributed by atoms with van der Waals surface area (Å²) in [7, 11) is 0. The standard InChI is InChI=1S/C28H33ClFN5O3/c29-21-5-3-18(15-22(21)30)17-4-6-23-20(14-17)27(37)35-13-12-33(16-25(35)26(36)32-23)28(38)24-2-1-11-34(24)19-7-9-31-10-8-19/h3-6,14-15,19,24-25,28,31,38H,1-2,7-13,16H2,(H,32,36). The number of rotatable bonds is 4. The molecule has 3 N–H and O–H groups in total. The van der Waals surface area contributed by atoms with Gasteiger partial charge in [-0.25, -0.2) is 4.39 Å². The highest BCUT2D eigenvalue weighted by Gasteiger charge is 2.44. The summed E-state index contributed by atoms with van der Waals surface area (Å²) in [6, 6.07) is 9.46. The molecule has 0 saturated carbocycles. The van der Waals surface area contributed by atoms with Crippen LogP contribution in [0, 0.1) is 5.82 Å². The number of carbonyl (C=O) groups is 2. The van der Waals surface area contributed by atoms with E-state index in [4.69, 9.17) is 11.6 Å². The van der Waals surface area contributed by atoms with Gasteiger partial charge >= 0.3 is 0 Å². The van der Waals surface area contributed by atoms with Crippen molar-refractivity contribution < 1.29 is 19.1 Å². The monoisotopic (exact) mass is 541 g/mol. The number of likely N-dealkylation sites (tertiary alicyclic amines) is 1. The van der Waals surface area contributed by atoms with Crippen molar-refractivity contribution in [3.63, 3.8) is 0 Å². The zero-order chi connectivity index (χ0) is 26.4. The van der Waals surface area contributed by atoms with E-state index in [1.807, 2.05) is 4.90 Å². The molecule has 4 heterocycles. The van der Waals surface area contributed by atoms with Gasteiger partial charge in [0.25, 0.3) is 5.91 Å². The molecule has 8 nitrogen and oxygen atoms in total. The van der Waals surface area contributed by atoms with Crippen LogP contribution in [0.3, 0.4) is 0 Å². The van der Waals surface area contributed by atoms with E-state index in [1.54, 1.807) is 29.2 Å². The van der Waals surface area contributed by atoms with Gasteiger partial charge in [-0.1, -0.05) is 23.7 Å². The molecule has 0 spiro atoms. The van der Waals surface area contributed by atoms with E-state index in [-0.39, 0.29) is 29.4 Å².